The maximum Gasteiger partial charge on any atom is 0.0693 e. The maximum atomic E-state index is 8.99. The normalized spacial score (nSPS) is 34.0. The molecule has 0 spiro atoms. The molecule has 2 atom stereocenters. The van der Waals surface area contributed by atoms with E-state index in [1.807, 2.05) is 0 Å². The first-order valence-corrected chi connectivity index (χ1v) is 3.37. The molecule has 0 bridgehead atoms. The van der Waals surface area contributed by atoms with Crippen LogP contribution in [0.25, 0.3) is 0 Å². The second kappa shape index (κ2) is 3.15. The lowest BCUT2D eigenvalue weighted by Gasteiger charge is -2.32. The molecule has 9 heavy (non-hydrogen) atoms. The van der Waals surface area contributed by atoms with Gasteiger partial charge in [-0.2, -0.15) is 0 Å². The molecular weight excluding hydrogens is 118 g/mol. The molecule has 1 fully saturated rings. The highest BCUT2D eigenvalue weighted by Crippen LogP contribution is 2.18. The molecule has 0 aliphatic heterocycles. The van der Waals surface area contributed by atoms with Crippen LogP contribution in [0, 0.1) is 0 Å². The molecule has 1 aliphatic rings. The summed E-state index contributed by atoms with van der Waals surface area (Å²) in [5.74, 6) is 0. The Balaban J connectivity index is 1.99. The van der Waals surface area contributed by atoms with Crippen molar-refractivity contribution in [3.63, 3.8) is 0 Å². The first-order chi connectivity index (χ1) is 4.34. The Bertz CT molecular complexity index is 87.1. The number of rotatable bonds is 3. The smallest absolute Gasteiger partial charge is 0.0693 e. The number of aliphatic hydroxyl groups excluding tert-OH is 2. The molecule has 0 unspecified atom stereocenters. The number of hydrogen-bond acceptors (Lipinski definition) is 3. The van der Waals surface area contributed by atoms with Gasteiger partial charge in [0.15, 0.2) is 0 Å². The molecule has 3 nitrogen and oxygen atoms in total. The van der Waals surface area contributed by atoms with E-state index in [0.29, 0.717) is 6.54 Å². The summed E-state index contributed by atoms with van der Waals surface area (Å²) in [5, 5.41) is 20.4. The van der Waals surface area contributed by atoms with Crippen LogP contribution in [0.2, 0.25) is 0 Å². The molecule has 0 heterocycles. The monoisotopic (exact) mass is 131 g/mol. The molecule has 0 aromatic carbocycles. The molecule has 0 aromatic heterocycles. The van der Waals surface area contributed by atoms with Gasteiger partial charge in [0, 0.05) is 12.6 Å². The Hall–Kier alpha value is -0.120. The van der Waals surface area contributed by atoms with Gasteiger partial charge in [0.25, 0.3) is 0 Å². The van der Waals surface area contributed by atoms with Crippen LogP contribution in [0.4, 0.5) is 0 Å². The second-order valence-corrected chi connectivity index (χ2v) is 2.43. The number of nitrogens with one attached hydrogen (secondary N) is 1. The first kappa shape index (κ1) is 6.99. The third-order valence-electron chi connectivity index (χ3n) is 1.76. The van der Waals surface area contributed by atoms with E-state index in [1.165, 1.54) is 0 Å². The van der Waals surface area contributed by atoms with Crippen molar-refractivity contribution in [1.82, 2.24) is 5.32 Å². The zero-order valence-electron chi connectivity index (χ0n) is 5.38. The van der Waals surface area contributed by atoms with Crippen molar-refractivity contribution in [2.75, 3.05) is 13.2 Å². The Morgan fingerprint density at radius 2 is 2.22 bits per heavy atom. The van der Waals surface area contributed by atoms with Crippen molar-refractivity contribution in [2.45, 2.75) is 25.0 Å². The van der Waals surface area contributed by atoms with E-state index < -0.39 is 0 Å². The minimum Gasteiger partial charge on any atom is -0.395 e. The molecule has 0 radical (unpaired) electrons. The highest BCUT2D eigenvalue weighted by atomic mass is 16.3. The van der Waals surface area contributed by atoms with Crippen molar-refractivity contribution in [3.8, 4) is 0 Å². The summed E-state index contributed by atoms with van der Waals surface area (Å²) < 4.78 is 0. The van der Waals surface area contributed by atoms with Crippen LogP contribution >= 0.6 is 0 Å². The van der Waals surface area contributed by atoms with E-state index in [2.05, 4.69) is 5.32 Å². The Labute approximate surface area is 54.7 Å². The molecule has 0 saturated heterocycles. The van der Waals surface area contributed by atoms with Gasteiger partial charge < -0.3 is 15.5 Å². The zero-order valence-corrected chi connectivity index (χ0v) is 5.38. The largest absolute Gasteiger partial charge is 0.395 e. The van der Waals surface area contributed by atoms with Gasteiger partial charge in [-0.25, -0.2) is 0 Å². The predicted molar refractivity (Wildman–Crippen MR) is 34.1 cm³/mol. The maximum absolute atomic E-state index is 8.99. The SMILES string of the molecule is OCCN[C@@H]1CC[C@H]1O. The van der Waals surface area contributed by atoms with Crippen LogP contribution in [0.3, 0.4) is 0 Å². The molecular formula is C6H13NO2. The molecule has 1 aliphatic carbocycles. The summed E-state index contributed by atoms with van der Waals surface area (Å²) in [6.45, 7) is 0.755. The Morgan fingerprint density at radius 1 is 1.44 bits per heavy atom. The van der Waals surface area contributed by atoms with Gasteiger partial charge in [0.1, 0.15) is 0 Å². The van der Waals surface area contributed by atoms with Gasteiger partial charge in [0.05, 0.1) is 12.7 Å². The molecule has 1 saturated carbocycles. The van der Waals surface area contributed by atoms with Crippen LogP contribution in [0.1, 0.15) is 12.8 Å². The fourth-order valence-electron chi connectivity index (χ4n) is 0.970. The quantitative estimate of drug-likeness (QED) is 0.465. The van der Waals surface area contributed by atoms with Crippen molar-refractivity contribution in [1.29, 1.82) is 0 Å². The Morgan fingerprint density at radius 3 is 2.56 bits per heavy atom. The van der Waals surface area contributed by atoms with Crippen LogP contribution in [-0.2, 0) is 0 Å². The van der Waals surface area contributed by atoms with Crippen LogP contribution < -0.4 is 5.32 Å². The van der Waals surface area contributed by atoms with Gasteiger partial charge in [-0.15, -0.1) is 0 Å². The predicted octanol–water partition coefficient (Wildman–Crippen LogP) is -0.908. The van der Waals surface area contributed by atoms with Gasteiger partial charge >= 0.3 is 0 Å². The highest BCUT2D eigenvalue weighted by molar-refractivity contribution is 4.85. The topological polar surface area (TPSA) is 52.5 Å². The lowest BCUT2D eigenvalue weighted by Crippen LogP contribution is -2.48. The van der Waals surface area contributed by atoms with Crippen molar-refractivity contribution < 1.29 is 10.2 Å². The molecule has 3 heteroatoms. The highest BCUT2D eigenvalue weighted by Gasteiger charge is 2.27. The van der Waals surface area contributed by atoms with E-state index in [0.717, 1.165) is 12.8 Å². The Kier molecular flexibility index (Phi) is 2.45. The summed E-state index contributed by atoms with van der Waals surface area (Å²) in [5.41, 5.74) is 0. The minimum absolute atomic E-state index is 0.156. The first-order valence-electron chi connectivity index (χ1n) is 3.37. The van der Waals surface area contributed by atoms with E-state index >= 15 is 0 Å². The third kappa shape index (κ3) is 1.64. The van der Waals surface area contributed by atoms with E-state index in [-0.39, 0.29) is 18.8 Å². The van der Waals surface area contributed by atoms with Crippen LogP contribution in [0.5, 0.6) is 0 Å². The standard InChI is InChI=1S/C6H13NO2/c8-4-3-7-5-1-2-6(5)9/h5-9H,1-4H2/t5-,6-/m1/s1. The second-order valence-electron chi connectivity index (χ2n) is 2.43. The molecule has 3 N–H and O–H groups in total. The molecule has 0 aromatic rings. The average molecular weight is 131 g/mol. The lowest BCUT2D eigenvalue weighted by molar-refractivity contribution is 0.0480. The summed E-state index contributed by atoms with van der Waals surface area (Å²) in [4.78, 5) is 0. The molecule has 1 rings (SSSR count). The van der Waals surface area contributed by atoms with Crippen molar-refractivity contribution in [3.05, 3.63) is 0 Å². The van der Waals surface area contributed by atoms with Crippen molar-refractivity contribution in [2.24, 2.45) is 0 Å². The zero-order chi connectivity index (χ0) is 6.69. The summed E-state index contributed by atoms with van der Waals surface area (Å²) >= 11 is 0. The minimum atomic E-state index is -0.170. The molecule has 0 amide bonds. The summed E-state index contributed by atoms with van der Waals surface area (Å²) in [6, 6.07) is 0.247. The summed E-state index contributed by atoms with van der Waals surface area (Å²) in [6.07, 6.45) is 1.78. The van der Waals surface area contributed by atoms with Gasteiger partial charge in [-0.1, -0.05) is 0 Å². The van der Waals surface area contributed by atoms with Crippen LogP contribution in [-0.4, -0.2) is 35.5 Å². The fourth-order valence-corrected chi connectivity index (χ4v) is 0.970. The fraction of sp³-hybridized carbons (Fsp3) is 1.00. The van der Waals surface area contributed by atoms with Gasteiger partial charge in [-0.05, 0) is 12.8 Å². The summed E-state index contributed by atoms with van der Waals surface area (Å²) in [7, 11) is 0. The van der Waals surface area contributed by atoms with E-state index in [9.17, 15) is 0 Å². The van der Waals surface area contributed by atoms with Gasteiger partial charge in [-0.3, -0.25) is 0 Å². The lowest BCUT2D eigenvalue weighted by atomic mass is 9.89. The number of aliphatic hydroxyl groups is 2. The molecule has 54 valence electrons. The van der Waals surface area contributed by atoms with E-state index in [1.54, 1.807) is 0 Å². The average Bonchev–Trinajstić information content (AvgIpc) is 1.86. The third-order valence-corrected chi connectivity index (χ3v) is 1.76. The van der Waals surface area contributed by atoms with Crippen molar-refractivity contribution >= 4 is 0 Å². The number of hydrogen-bond donors (Lipinski definition) is 3. The van der Waals surface area contributed by atoms with Crippen LogP contribution in [0.15, 0.2) is 0 Å². The van der Waals surface area contributed by atoms with Gasteiger partial charge in [0.2, 0.25) is 0 Å². The van der Waals surface area contributed by atoms with E-state index in [4.69, 9.17) is 10.2 Å².